The first-order valence-electron chi connectivity index (χ1n) is 6.28. The molecule has 1 fully saturated rings. The van der Waals surface area contributed by atoms with E-state index in [9.17, 15) is 4.79 Å². The van der Waals surface area contributed by atoms with Gasteiger partial charge in [0.05, 0.1) is 0 Å². The Labute approximate surface area is 103 Å². The molecule has 1 saturated carbocycles. The Balaban J connectivity index is 1.95. The summed E-state index contributed by atoms with van der Waals surface area (Å²) in [5.74, 6) is 1.32. The first-order chi connectivity index (χ1) is 7.90. The van der Waals surface area contributed by atoms with Gasteiger partial charge in [-0.1, -0.05) is 12.2 Å². The SMILES string of the molecule is CC(C)(C)OC(=O)NC1C2C=CC(C2)C1CN. The maximum absolute atomic E-state index is 11.8. The quantitative estimate of drug-likeness (QED) is 0.719. The van der Waals surface area contributed by atoms with Crippen LogP contribution in [0.4, 0.5) is 4.79 Å². The van der Waals surface area contributed by atoms with E-state index in [0.717, 1.165) is 6.42 Å². The van der Waals surface area contributed by atoms with Crippen LogP contribution in [0.3, 0.4) is 0 Å². The molecule has 2 aliphatic rings. The highest BCUT2D eigenvalue weighted by atomic mass is 16.6. The van der Waals surface area contributed by atoms with Crippen LogP contribution in [-0.4, -0.2) is 24.3 Å². The van der Waals surface area contributed by atoms with Crippen LogP contribution in [0.15, 0.2) is 12.2 Å². The van der Waals surface area contributed by atoms with Crippen molar-refractivity contribution in [2.24, 2.45) is 23.5 Å². The van der Waals surface area contributed by atoms with Crippen LogP contribution in [0, 0.1) is 17.8 Å². The summed E-state index contributed by atoms with van der Waals surface area (Å²) >= 11 is 0. The Morgan fingerprint density at radius 3 is 2.65 bits per heavy atom. The molecule has 0 spiro atoms. The predicted octanol–water partition coefficient (Wildman–Crippen LogP) is 1.66. The zero-order chi connectivity index (χ0) is 12.6. The average molecular weight is 238 g/mol. The Kier molecular flexibility index (Phi) is 3.17. The summed E-state index contributed by atoms with van der Waals surface area (Å²) in [6, 6.07) is 0.143. The molecule has 0 heterocycles. The van der Waals surface area contributed by atoms with Gasteiger partial charge in [0.15, 0.2) is 0 Å². The van der Waals surface area contributed by atoms with Gasteiger partial charge in [0.25, 0.3) is 0 Å². The Hall–Kier alpha value is -1.03. The van der Waals surface area contributed by atoms with Crippen LogP contribution in [0.5, 0.6) is 0 Å². The molecule has 1 amide bonds. The molecule has 0 saturated heterocycles. The van der Waals surface area contributed by atoms with Crippen molar-refractivity contribution in [3.05, 3.63) is 12.2 Å². The van der Waals surface area contributed by atoms with Gasteiger partial charge >= 0.3 is 6.09 Å². The second kappa shape index (κ2) is 4.33. The topological polar surface area (TPSA) is 64.3 Å². The largest absolute Gasteiger partial charge is 0.444 e. The molecule has 2 bridgehead atoms. The van der Waals surface area contributed by atoms with Crippen LogP contribution < -0.4 is 11.1 Å². The van der Waals surface area contributed by atoms with E-state index >= 15 is 0 Å². The summed E-state index contributed by atoms with van der Waals surface area (Å²) in [7, 11) is 0. The molecule has 0 aromatic carbocycles. The number of allylic oxidation sites excluding steroid dienone is 1. The lowest BCUT2D eigenvalue weighted by Crippen LogP contribution is -2.47. The molecule has 0 aliphatic heterocycles. The van der Waals surface area contributed by atoms with Gasteiger partial charge in [0.1, 0.15) is 5.60 Å². The summed E-state index contributed by atoms with van der Waals surface area (Å²) in [5, 5.41) is 2.98. The lowest BCUT2D eigenvalue weighted by atomic mass is 9.89. The van der Waals surface area contributed by atoms with E-state index in [1.165, 1.54) is 0 Å². The normalized spacial score (nSPS) is 35.1. The highest BCUT2D eigenvalue weighted by Gasteiger charge is 2.44. The van der Waals surface area contributed by atoms with Crippen molar-refractivity contribution in [2.75, 3.05) is 6.54 Å². The smallest absolute Gasteiger partial charge is 0.407 e. The second-order valence-electron chi connectivity index (χ2n) is 6.02. The van der Waals surface area contributed by atoms with Gasteiger partial charge < -0.3 is 15.8 Å². The lowest BCUT2D eigenvalue weighted by molar-refractivity contribution is 0.0482. The molecule has 96 valence electrons. The van der Waals surface area contributed by atoms with Crippen molar-refractivity contribution >= 4 is 6.09 Å². The number of carbonyl (C=O) groups excluding carboxylic acids is 1. The zero-order valence-electron chi connectivity index (χ0n) is 10.8. The predicted molar refractivity (Wildman–Crippen MR) is 66.4 cm³/mol. The number of hydrogen-bond acceptors (Lipinski definition) is 3. The van der Waals surface area contributed by atoms with E-state index in [2.05, 4.69) is 17.5 Å². The molecule has 2 aliphatic carbocycles. The molecule has 3 N–H and O–H groups in total. The molecule has 4 unspecified atom stereocenters. The third-order valence-corrected chi connectivity index (χ3v) is 3.58. The number of alkyl carbamates (subject to hydrolysis) is 1. The van der Waals surface area contributed by atoms with Crippen LogP contribution in [0.1, 0.15) is 27.2 Å². The molecule has 0 aromatic heterocycles. The van der Waals surface area contributed by atoms with E-state index in [1.807, 2.05) is 20.8 Å². The number of nitrogens with two attached hydrogens (primary N) is 1. The number of ether oxygens (including phenoxy) is 1. The van der Waals surface area contributed by atoms with Crippen molar-refractivity contribution in [2.45, 2.75) is 38.8 Å². The third-order valence-electron chi connectivity index (χ3n) is 3.58. The molecule has 0 radical (unpaired) electrons. The second-order valence-corrected chi connectivity index (χ2v) is 6.02. The molecule has 4 heteroatoms. The van der Waals surface area contributed by atoms with Gasteiger partial charge in [-0.25, -0.2) is 4.79 Å². The number of nitrogens with one attached hydrogen (secondary N) is 1. The summed E-state index contributed by atoms with van der Waals surface area (Å²) in [6.07, 6.45) is 5.21. The highest BCUT2D eigenvalue weighted by Crippen LogP contribution is 2.43. The van der Waals surface area contributed by atoms with Gasteiger partial charge in [-0.2, -0.15) is 0 Å². The Morgan fingerprint density at radius 2 is 2.06 bits per heavy atom. The monoisotopic (exact) mass is 238 g/mol. The first kappa shape index (κ1) is 12.4. The fourth-order valence-corrected chi connectivity index (χ4v) is 2.90. The molecule has 2 rings (SSSR count). The zero-order valence-corrected chi connectivity index (χ0v) is 10.8. The van der Waals surface area contributed by atoms with Crippen LogP contribution in [0.2, 0.25) is 0 Å². The van der Waals surface area contributed by atoms with Crippen molar-refractivity contribution < 1.29 is 9.53 Å². The number of amides is 1. The first-order valence-corrected chi connectivity index (χ1v) is 6.28. The minimum absolute atomic E-state index is 0.143. The fraction of sp³-hybridized carbons (Fsp3) is 0.769. The molecule has 4 nitrogen and oxygen atoms in total. The van der Waals surface area contributed by atoms with Crippen LogP contribution in [-0.2, 0) is 4.74 Å². The molecule has 4 atom stereocenters. The van der Waals surface area contributed by atoms with E-state index < -0.39 is 5.60 Å². The van der Waals surface area contributed by atoms with Crippen molar-refractivity contribution in [3.8, 4) is 0 Å². The van der Waals surface area contributed by atoms with E-state index in [1.54, 1.807) is 0 Å². The Bertz CT molecular complexity index is 333. The average Bonchev–Trinajstić information content (AvgIpc) is 2.74. The van der Waals surface area contributed by atoms with Gasteiger partial charge in [0, 0.05) is 6.04 Å². The van der Waals surface area contributed by atoms with Crippen molar-refractivity contribution in [1.82, 2.24) is 5.32 Å². The van der Waals surface area contributed by atoms with Crippen molar-refractivity contribution in [3.63, 3.8) is 0 Å². The Morgan fingerprint density at radius 1 is 1.41 bits per heavy atom. The summed E-state index contributed by atoms with van der Waals surface area (Å²) in [6.45, 7) is 6.22. The van der Waals surface area contributed by atoms with Gasteiger partial charge in [-0.15, -0.1) is 0 Å². The molecular weight excluding hydrogens is 216 g/mol. The third kappa shape index (κ3) is 2.63. The maximum atomic E-state index is 11.8. The molecule has 17 heavy (non-hydrogen) atoms. The molecule has 0 aromatic rings. The number of carbonyl (C=O) groups is 1. The van der Waals surface area contributed by atoms with Crippen LogP contribution >= 0.6 is 0 Å². The van der Waals surface area contributed by atoms with Gasteiger partial charge in [-0.3, -0.25) is 0 Å². The van der Waals surface area contributed by atoms with E-state index in [-0.39, 0.29) is 12.1 Å². The van der Waals surface area contributed by atoms with Gasteiger partial charge in [-0.05, 0) is 51.5 Å². The number of hydrogen-bond donors (Lipinski definition) is 2. The van der Waals surface area contributed by atoms with E-state index in [0.29, 0.717) is 24.3 Å². The summed E-state index contributed by atoms with van der Waals surface area (Å²) < 4.78 is 5.29. The maximum Gasteiger partial charge on any atom is 0.407 e. The van der Waals surface area contributed by atoms with Crippen LogP contribution in [0.25, 0.3) is 0 Å². The highest BCUT2D eigenvalue weighted by molar-refractivity contribution is 5.68. The minimum Gasteiger partial charge on any atom is -0.444 e. The summed E-state index contributed by atoms with van der Waals surface area (Å²) in [5.41, 5.74) is 5.34. The minimum atomic E-state index is -0.449. The number of fused-ring (bicyclic) bond motifs is 2. The lowest BCUT2D eigenvalue weighted by Gasteiger charge is -2.29. The fourth-order valence-electron chi connectivity index (χ4n) is 2.90. The standard InChI is InChI=1S/C13H22N2O2/c1-13(2,3)17-12(16)15-11-9-5-4-8(6-9)10(11)7-14/h4-5,8-11H,6-7,14H2,1-3H3,(H,15,16). The van der Waals surface area contributed by atoms with Crippen molar-refractivity contribution in [1.29, 1.82) is 0 Å². The number of rotatable bonds is 2. The van der Waals surface area contributed by atoms with E-state index in [4.69, 9.17) is 10.5 Å². The molecular formula is C13H22N2O2. The van der Waals surface area contributed by atoms with Gasteiger partial charge in [0.2, 0.25) is 0 Å². The summed E-state index contributed by atoms with van der Waals surface area (Å²) in [4.78, 5) is 11.8.